The largest absolute Gasteiger partial charge is 0.416 e. The van der Waals surface area contributed by atoms with Crippen molar-refractivity contribution in [3.63, 3.8) is 0 Å². The van der Waals surface area contributed by atoms with Crippen LogP contribution in [-0.4, -0.2) is 31.4 Å². The first-order valence-corrected chi connectivity index (χ1v) is 9.12. The number of amides is 1. The summed E-state index contributed by atoms with van der Waals surface area (Å²) in [5.74, 6) is -0.372. The predicted octanol–water partition coefficient (Wildman–Crippen LogP) is 4.11. The molecular formula is C18H16F3N5OS. The Hall–Kier alpha value is -2.88. The van der Waals surface area contributed by atoms with Crippen LogP contribution in [0.1, 0.15) is 18.1 Å². The molecule has 0 fully saturated rings. The maximum atomic E-state index is 12.6. The number of carbonyl (C=O) groups is 1. The SMILES string of the molecule is Cc1ccc(-n2nnnc2SC(C)C(=O)Nc2ccc(C(F)(F)F)cc2)cc1. The molecule has 1 amide bonds. The van der Waals surface area contributed by atoms with Crippen molar-refractivity contribution in [2.24, 2.45) is 0 Å². The number of nitrogens with one attached hydrogen (secondary N) is 1. The molecule has 1 aromatic heterocycles. The first-order valence-electron chi connectivity index (χ1n) is 8.24. The van der Waals surface area contributed by atoms with Gasteiger partial charge in [0, 0.05) is 5.69 Å². The Labute approximate surface area is 163 Å². The topological polar surface area (TPSA) is 72.7 Å². The first-order chi connectivity index (χ1) is 13.2. The number of anilines is 1. The number of carbonyl (C=O) groups excluding carboxylic acids is 1. The van der Waals surface area contributed by atoms with Gasteiger partial charge in [0.15, 0.2) is 0 Å². The second-order valence-electron chi connectivity index (χ2n) is 6.03. The van der Waals surface area contributed by atoms with Gasteiger partial charge >= 0.3 is 6.18 Å². The highest BCUT2D eigenvalue weighted by molar-refractivity contribution is 8.00. The molecule has 28 heavy (non-hydrogen) atoms. The molecule has 3 aromatic rings. The molecule has 1 unspecified atom stereocenters. The third kappa shape index (κ3) is 4.69. The molecule has 2 aromatic carbocycles. The number of hydrogen-bond donors (Lipinski definition) is 1. The van der Waals surface area contributed by atoms with Crippen LogP contribution in [0, 0.1) is 6.92 Å². The third-order valence-corrected chi connectivity index (χ3v) is 4.88. The smallest absolute Gasteiger partial charge is 0.325 e. The molecule has 0 aliphatic heterocycles. The van der Waals surface area contributed by atoms with Gasteiger partial charge in [-0.1, -0.05) is 29.5 Å². The van der Waals surface area contributed by atoms with E-state index in [0.29, 0.717) is 5.16 Å². The van der Waals surface area contributed by atoms with E-state index in [2.05, 4.69) is 20.8 Å². The summed E-state index contributed by atoms with van der Waals surface area (Å²) < 4.78 is 39.4. The summed E-state index contributed by atoms with van der Waals surface area (Å²) >= 11 is 1.15. The Morgan fingerprint density at radius 2 is 1.75 bits per heavy atom. The molecule has 0 saturated heterocycles. The van der Waals surface area contributed by atoms with Crippen LogP contribution in [-0.2, 0) is 11.0 Å². The molecule has 0 bridgehead atoms. The number of alkyl halides is 3. The zero-order valence-corrected chi connectivity index (χ0v) is 15.8. The van der Waals surface area contributed by atoms with Crippen molar-refractivity contribution in [2.45, 2.75) is 30.4 Å². The van der Waals surface area contributed by atoms with Crippen molar-refractivity contribution >= 4 is 23.4 Å². The number of halogens is 3. The minimum absolute atomic E-state index is 0.281. The van der Waals surface area contributed by atoms with E-state index in [0.717, 1.165) is 35.1 Å². The third-order valence-electron chi connectivity index (χ3n) is 3.85. The average Bonchev–Trinajstić information content (AvgIpc) is 3.10. The van der Waals surface area contributed by atoms with Crippen LogP contribution < -0.4 is 5.32 Å². The summed E-state index contributed by atoms with van der Waals surface area (Å²) in [5, 5.41) is 14.0. The van der Waals surface area contributed by atoms with Gasteiger partial charge in [0.1, 0.15) is 0 Å². The first kappa shape index (κ1) is 19.9. The molecule has 10 heteroatoms. The number of rotatable bonds is 5. The van der Waals surface area contributed by atoms with Crippen molar-refractivity contribution in [1.29, 1.82) is 0 Å². The van der Waals surface area contributed by atoms with Crippen LogP contribution in [0.3, 0.4) is 0 Å². The standard InChI is InChI=1S/C18H16F3N5OS/c1-11-3-9-15(10-4-11)26-17(23-24-25-26)28-12(2)16(27)22-14-7-5-13(6-8-14)18(19,20)21/h3-10,12H,1-2H3,(H,22,27). The minimum Gasteiger partial charge on any atom is -0.325 e. The number of nitrogens with zero attached hydrogens (tertiary/aromatic N) is 4. The van der Waals surface area contributed by atoms with E-state index >= 15 is 0 Å². The number of thioether (sulfide) groups is 1. The number of hydrogen-bond acceptors (Lipinski definition) is 5. The van der Waals surface area contributed by atoms with Crippen LogP contribution >= 0.6 is 11.8 Å². The minimum atomic E-state index is -4.42. The van der Waals surface area contributed by atoms with Gasteiger partial charge in [0.2, 0.25) is 11.1 Å². The molecule has 0 aliphatic rings. The van der Waals surface area contributed by atoms with E-state index in [1.165, 1.54) is 16.8 Å². The van der Waals surface area contributed by atoms with Gasteiger partial charge in [0.25, 0.3) is 0 Å². The normalized spacial score (nSPS) is 12.6. The number of aryl methyl sites for hydroxylation is 1. The molecule has 0 saturated carbocycles. The highest BCUT2D eigenvalue weighted by Gasteiger charge is 2.30. The quantitative estimate of drug-likeness (QED) is 0.645. The maximum absolute atomic E-state index is 12.6. The van der Waals surface area contributed by atoms with Crippen LogP contribution in [0.15, 0.2) is 53.7 Å². The molecule has 1 N–H and O–H groups in total. The molecule has 3 rings (SSSR count). The fourth-order valence-corrected chi connectivity index (χ4v) is 3.11. The molecule has 146 valence electrons. The predicted molar refractivity (Wildman–Crippen MR) is 99.3 cm³/mol. The lowest BCUT2D eigenvalue weighted by Crippen LogP contribution is -2.23. The van der Waals surface area contributed by atoms with E-state index < -0.39 is 17.0 Å². The Morgan fingerprint density at radius 1 is 1.11 bits per heavy atom. The maximum Gasteiger partial charge on any atom is 0.416 e. The molecular weight excluding hydrogens is 391 g/mol. The summed E-state index contributed by atoms with van der Waals surface area (Å²) in [6.07, 6.45) is -4.42. The number of tetrazole rings is 1. The molecule has 6 nitrogen and oxygen atoms in total. The Balaban J connectivity index is 1.67. The van der Waals surface area contributed by atoms with E-state index in [4.69, 9.17) is 0 Å². The number of aromatic nitrogens is 4. The van der Waals surface area contributed by atoms with E-state index in [-0.39, 0.29) is 11.6 Å². The van der Waals surface area contributed by atoms with Gasteiger partial charge in [-0.05, 0) is 60.7 Å². The van der Waals surface area contributed by atoms with Crippen molar-refractivity contribution in [3.05, 3.63) is 59.7 Å². The average molecular weight is 407 g/mol. The summed E-state index contributed by atoms with van der Waals surface area (Å²) in [6, 6.07) is 11.9. The van der Waals surface area contributed by atoms with Crippen LogP contribution in [0.4, 0.5) is 18.9 Å². The van der Waals surface area contributed by atoms with Gasteiger partial charge in [-0.25, -0.2) is 0 Å². The molecule has 0 aliphatic carbocycles. The Morgan fingerprint density at radius 3 is 2.36 bits per heavy atom. The zero-order chi connectivity index (χ0) is 20.3. The summed E-state index contributed by atoms with van der Waals surface area (Å²) in [5.41, 5.74) is 1.36. The Bertz CT molecular complexity index is 955. The van der Waals surface area contributed by atoms with E-state index in [9.17, 15) is 18.0 Å². The van der Waals surface area contributed by atoms with Crippen LogP contribution in [0.5, 0.6) is 0 Å². The highest BCUT2D eigenvalue weighted by atomic mass is 32.2. The fourth-order valence-electron chi connectivity index (χ4n) is 2.30. The van der Waals surface area contributed by atoms with Gasteiger partial charge in [-0.15, -0.1) is 5.10 Å². The summed E-state index contributed by atoms with van der Waals surface area (Å²) in [7, 11) is 0. The second-order valence-corrected chi connectivity index (χ2v) is 7.34. The lowest BCUT2D eigenvalue weighted by Gasteiger charge is -2.12. The number of benzene rings is 2. The lowest BCUT2D eigenvalue weighted by molar-refractivity contribution is -0.137. The van der Waals surface area contributed by atoms with Crippen molar-refractivity contribution in [2.75, 3.05) is 5.32 Å². The van der Waals surface area contributed by atoms with Gasteiger partial charge in [-0.2, -0.15) is 17.9 Å². The van der Waals surface area contributed by atoms with Crippen molar-refractivity contribution in [1.82, 2.24) is 20.2 Å². The Kier molecular flexibility index (Phi) is 5.68. The van der Waals surface area contributed by atoms with Crippen LogP contribution in [0.2, 0.25) is 0 Å². The zero-order valence-electron chi connectivity index (χ0n) is 14.9. The summed E-state index contributed by atoms with van der Waals surface area (Å²) in [6.45, 7) is 3.63. The van der Waals surface area contributed by atoms with Crippen molar-refractivity contribution < 1.29 is 18.0 Å². The second kappa shape index (κ2) is 8.01. The molecule has 1 atom stereocenters. The van der Waals surface area contributed by atoms with E-state index in [1.807, 2.05) is 31.2 Å². The molecule has 0 radical (unpaired) electrons. The van der Waals surface area contributed by atoms with Crippen LogP contribution in [0.25, 0.3) is 5.69 Å². The molecule has 1 heterocycles. The highest BCUT2D eigenvalue weighted by Crippen LogP contribution is 2.30. The summed E-state index contributed by atoms with van der Waals surface area (Å²) in [4.78, 5) is 12.4. The lowest BCUT2D eigenvalue weighted by atomic mass is 10.2. The molecule has 0 spiro atoms. The van der Waals surface area contributed by atoms with Gasteiger partial charge < -0.3 is 5.32 Å². The van der Waals surface area contributed by atoms with Gasteiger partial charge in [-0.3, -0.25) is 4.79 Å². The van der Waals surface area contributed by atoms with Crippen molar-refractivity contribution in [3.8, 4) is 5.69 Å². The van der Waals surface area contributed by atoms with E-state index in [1.54, 1.807) is 6.92 Å². The monoisotopic (exact) mass is 407 g/mol. The van der Waals surface area contributed by atoms with Gasteiger partial charge in [0.05, 0.1) is 16.5 Å². The fraction of sp³-hybridized carbons (Fsp3) is 0.222.